The van der Waals surface area contributed by atoms with Gasteiger partial charge in [-0.1, -0.05) is 12.2 Å². The first kappa shape index (κ1) is 20.4. The van der Waals surface area contributed by atoms with E-state index in [2.05, 4.69) is 44.6 Å². The predicted octanol–water partition coefficient (Wildman–Crippen LogP) is 2.24. The number of likely N-dealkylation sites (tertiary alicyclic amines) is 1. The summed E-state index contributed by atoms with van der Waals surface area (Å²) in [4.78, 5) is 16.4. The van der Waals surface area contributed by atoms with E-state index in [4.69, 9.17) is 4.99 Å². The summed E-state index contributed by atoms with van der Waals surface area (Å²) >= 11 is 1.67. The van der Waals surface area contributed by atoms with Crippen molar-refractivity contribution in [2.45, 2.75) is 25.9 Å². The molecule has 0 aromatic carbocycles. The van der Waals surface area contributed by atoms with Crippen molar-refractivity contribution < 1.29 is 0 Å². The topological polar surface area (TPSA) is 47.0 Å². The van der Waals surface area contributed by atoms with E-state index in [0.717, 1.165) is 49.5 Å². The molecule has 1 aromatic heterocycles. The Balaban J connectivity index is 0.00000225. The second-order valence-corrected chi connectivity index (χ2v) is 7.34. The molecule has 2 aliphatic rings. The molecule has 0 aliphatic carbocycles. The SMILES string of the molecule is CCNC(=NCc1csc(N(C)C)n1)N1CCC(N2CC=CC2)C1.I. The Kier molecular flexibility index (Phi) is 7.95. The molecule has 2 aliphatic heterocycles. The molecule has 6 nitrogen and oxygen atoms in total. The largest absolute Gasteiger partial charge is 0.357 e. The number of aromatic nitrogens is 1. The minimum Gasteiger partial charge on any atom is -0.357 e. The number of aliphatic imine (C=N–C) groups is 1. The molecule has 1 fully saturated rings. The molecular formula is C17H29IN6S. The maximum atomic E-state index is 4.82. The van der Waals surface area contributed by atoms with Crippen LogP contribution in [-0.2, 0) is 6.54 Å². The molecule has 1 N–H and O–H groups in total. The van der Waals surface area contributed by atoms with Gasteiger partial charge in [0.15, 0.2) is 11.1 Å². The molecule has 3 rings (SSSR count). The predicted molar refractivity (Wildman–Crippen MR) is 117 cm³/mol. The lowest BCUT2D eigenvalue weighted by Gasteiger charge is -2.25. The fraction of sp³-hybridized carbons (Fsp3) is 0.647. The number of nitrogens with one attached hydrogen (secondary N) is 1. The summed E-state index contributed by atoms with van der Waals surface area (Å²) in [5, 5.41) is 6.58. The number of guanidine groups is 1. The van der Waals surface area contributed by atoms with Gasteiger partial charge in [0.25, 0.3) is 0 Å². The number of hydrogen-bond donors (Lipinski definition) is 1. The smallest absolute Gasteiger partial charge is 0.194 e. The van der Waals surface area contributed by atoms with E-state index in [1.165, 1.54) is 6.42 Å². The van der Waals surface area contributed by atoms with Crippen LogP contribution >= 0.6 is 35.3 Å². The molecule has 0 bridgehead atoms. The third-order valence-electron chi connectivity index (χ3n) is 4.47. The van der Waals surface area contributed by atoms with E-state index in [1.807, 2.05) is 19.0 Å². The molecule has 1 atom stereocenters. The molecule has 0 saturated carbocycles. The standard InChI is InChI=1S/C17H28N6S.HI/c1-4-18-16(19-11-14-13-24-17(20-14)21(2)3)23-10-7-15(12-23)22-8-5-6-9-22;/h5-6,13,15H,4,7-12H2,1-3H3,(H,18,19);1H. The zero-order valence-corrected chi connectivity index (χ0v) is 18.5. The first-order valence-electron chi connectivity index (χ1n) is 8.71. The monoisotopic (exact) mass is 476 g/mol. The minimum absolute atomic E-state index is 0. The van der Waals surface area contributed by atoms with Gasteiger partial charge in [-0.2, -0.15) is 0 Å². The van der Waals surface area contributed by atoms with Crippen LogP contribution in [0.5, 0.6) is 0 Å². The Labute approximate surface area is 172 Å². The van der Waals surface area contributed by atoms with Crippen LogP contribution < -0.4 is 10.2 Å². The molecule has 8 heteroatoms. The van der Waals surface area contributed by atoms with E-state index in [1.54, 1.807) is 11.3 Å². The lowest BCUT2D eigenvalue weighted by molar-refractivity contribution is 0.259. The molecule has 0 spiro atoms. The zero-order valence-electron chi connectivity index (χ0n) is 15.3. The summed E-state index contributed by atoms with van der Waals surface area (Å²) in [6.07, 6.45) is 5.76. The van der Waals surface area contributed by atoms with Crippen molar-refractivity contribution >= 4 is 46.4 Å². The van der Waals surface area contributed by atoms with Crippen LogP contribution in [0.3, 0.4) is 0 Å². The second kappa shape index (κ2) is 9.72. The molecular weight excluding hydrogens is 447 g/mol. The highest BCUT2D eigenvalue weighted by Gasteiger charge is 2.29. The molecule has 1 saturated heterocycles. The number of hydrogen-bond acceptors (Lipinski definition) is 5. The zero-order chi connectivity index (χ0) is 16.9. The minimum atomic E-state index is 0. The third kappa shape index (κ3) is 5.30. The first-order chi connectivity index (χ1) is 11.7. The molecule has 140 valence electrons. The summed E-state index contributed by atoms with van der Waals surface area (Å²) in [5.41, 5.74) is 1.04. The van der Waals surface area contributed by atoms with Crippen molar-refractivity contribution in [1.82, 2.24) is 20.1 Å². The van der Waals surface area contributed by atoms with Crippen LogP contribution in [-0.4, -0.2) is 73.6 Å². The van der Waals surface area contributed by atoms with Gasteiger partial charge in [-0.3, -0.25) is 4.90 Å². The Morgan fingerprint density at radius 2 is 2.16 bits per heavy atom. The number of thiazole rings is 1. The van der Waals surface area contributed by atoms with Gasteiger partial charge in [-0.05, 0) is 13.3 Å². The fourth-order valence-corrected chi connectivity index (χ4v) is 3.93. The van der Waals surface area contributed by atoms with Crippen molar-refractivity contribution in [3.05, 3.63) is 23.2 Å². The molecule has 0 radical (unpaired) electrons. The lowest BCUT2D eigenvalue weighted by Crippen LogP contribution is -2.42. The van der Waals surface area contributed by atoms with Crippen molar-refractivity contribution in [3.8, 4) is 0 Å². The van der Waals surface area contributed by atoms with Gasteiger partial charge in [-0.25, -0.2) is 9.98 Å². The van der Waals surface area contributed by atoms with Gasteiger partial charge in [0, 0.05) is 58.2 Å². The summed E-state index contributed by atoms with van der Waals surface area (Å²) in [6.45, 7) is 7.99. The highest BCUT2D eigenvalue weighted by molar-refractivity contribution is 14.0. The second-order valence-electron chi connectivity index (χ2n) is 6.50. The van der Waals surface area contributed by atoms with Gasteiger partial charge < -0.3 is 15.1 Å². The molecule has 1 aromatic rings. The van der Waals surface area contributed by atoms with Crippen LogP contribution in [0.4, 0.5) is 5.13 Å². The summed E-state index contributed by atoms with van der Waals surface area (Å²) < 4.78 is 0. The quantitative estimate of drug-likeness (QED) is 0.306. The van der Waals surface area contributed by atoms with E-state index in [0.29, 0.717) is 12.6 Å². The Hall–Kier alpha value is -0.870. The number of nitrogens with zero attached hydrogens (tertiary/aromatic N) is 5. The van der Waals surface area contributed by atoms with E-state index in [-0.39, 0.29) is 24.0 Å². The lowest BCUT2D eigenvalue weighted by atomic mass is 10.2. The molecule has 25 heavy (non-hydrogen) atoms. The molecule has 0 amide bonds. The van der Waals surface area contributed by atoms with E-state index < -0.39 is 0 Å². The van der Waals surface area contributed by atoms with Gasteiger partial charge in [0.1, 0.15) is 0 Å². The Morgan fingerprint density at radius 1 is 1.40 bits per heavy atom. The van der Waals surface area contributed by atoms with Crippen molar-refractivity contribution in [3.63, 3.8) is 0 Å². The highest BCUT2D eigenvalue weighted by Crippen LogP contribution is 2.20. The number of rotatable bonds is 5. The number of halogens is 1. The van der Waals surface area contributed by atoms with Gasteiger partial charge in [0.05, 0.1) is 12.2 Å². The fourth-order valence-electron chi connectivity index (χ4n) is 3.18. The molecule has 1 unspecified atom stereocenters. The summed E-state index contributed by atoms with van der Waals surface area (Å²) in [6, 6.07) is 0.642. The summed E-state index contributed by atoms with van der Waals surface area (Å²) in [5.74, 6) is 1.02. The Morgan fingerprint density at radius 3 is 2.80 bits per heavy atom. The first-order valence-corrected chi connectivity index (χ1v) is 9.59. The highest BCUT2D eigenvalue weighted by atomic mass is 127. The maximum Gasteiger partial charge on any atom is 0.194 e. The van der Waals surface area contributed by atoms with Crippen LogP contribution in [0, 0.1) is 0 Å². The average molecular weight is 476 g/mol. The van der Waals surface area contributed by atoms with Crippen molar-refractivity contribution in [1.29, 1.82) is 0 Å². The number of anilines is 1. The van der Waals surface area contributed by atoms with Crippen molar-refractivity contribution in [2.24, 2.45) is 4.99 Å². The van der Waals surface area contributed by atoms with Crippen LogP contribution in [0.2, 0.25) is 0 Å². The average Bonchev–Trinajstić information content (AvgIpc) is 3.32. The van der Waals surface area contributed by atoms with Gasteiger partial charge >= 0.3 is 0 Å². The Bertz CT molecular complexity index is 592. The van der Waals surface area contributed by atoms with E-state index in [9.17, 15) is 0 Å². The normalized spacial score (nSPS) is 20.8. The van der Waals surface area contributed by atoms with Crippen LogP contribution in [0.1, 0.15) is 19.0 Å². The van der Waals surface area contributed by atoms with Gasteiger partial charge in [-0.15, -0.1) is 35.3 Å². The van der Waals surface area contributed by atoms with E-state index >= 15 is 0 Å². The summed E-state index contributed by atoms with van der Waals surface area (Å²) in [7, 11) is 4.04. The maximum absolute atomic E-state index is 4.82. The van der Waals surface area contributed by atoms with Gasteiger partial charge in [0.2, 0.25) is 0 Å². The van der Waals surface area contributed by atoms with Crippen molar-refractivity contribution in [2.75, 3.05) is 51.7 Å². The molecule has 3 heterocycles. The van der Waals surface area contributed by atoms with Crippen LogP contribution in [0.25, 0.3) is 0 Å². The third-order valence-corrected chi connectivity index (χ3v) is 5.53. The van der Waals surface area contributed by atoms with Crippen LogP contribution in [0.15, 0.2) is 22.5 Å².